The van der Waals surface area contributed by atoms with Crippen molar-refractivity contribution in [1.82, 2.24) is 20.4 Å². The number of hydrogen-bond acceptors (Lipinski definition) is 7. The molecule has 3 rings (SSSR count). The van der Waals surface area contributed by atoms with Crippen LogP contribution >= 0.6 is 23.7 Å². The molecule has 21 heavy (non-hydrogen) atoms. The van der Waals surface area contributed by atoms with Crippen molar-refractivity contribution in [3.05, 3.63) is 22.8 Å². The average Bonchev–Trinajstić information content (AvgIpc) is 3.17. The summed E-state index contributed by atoms with van der Waals surface area (Å²) >= 11 is 1.51. The fourth-order valence-electron chi connectivity index (χ4n) is 2.71. The van der Waals surface area contributed by atoms with E-state index < -0.39 is 0 Å². The smallest absolute Gasteiger partial charge is 0.226 e. The van der Waals surface area contributed by atoms with Crippen molar-refractivity contribution in [1.29, 1.82) is 0 Å². The molecule has 0 saturated heterocycles. The van der Waals surface area contributed by atoms with E-state index in [1.54, 1.807) is 0 Å². The standard InChI is InChI=1S/C13H19N5OS.ClH/c1-2-10-17-11(18-19-10)13(5-3-4-6-13)16-8-9-7-15-12(14)20-9;/h7,16H,2-6,8H2,1H3,(H2,14,15);1H. The summed E-state index contributed by atoms with van der Waals surface area (Å²) in [4.78, 5) is 9.74. The van der Waals surface area contributed by atoms with Gasteiger partial charge in [0.25, 0.3) is 0 Å². The molecule has 1 saturated carbocycles. The summed E-state index contributed by atoms with van der Waals surface area (Å²) in [6.45, 7) is 2.76. The first-order valence-corrected chi connectivity index (χ1v) is 7.82. The van der Waals surface area contributed by atoms with E-state index in [-0.39, 0.29) is 17.9 Å². The molecule has 8 heteroatoms. The van der Waals surface area contributed by atoms with Crippen LogP contribution in [-0.2, 0) is 18.5 Å². The quantitative estimate of drug-likeness (QED) is 0.876. The van der Waals surface area contributed by atoms with E-state index in [0.29, 0.717) is 11.0 Å². The molecule has 116 valence electrons. The van der Waals surface area contributed by atoms with Gasteiger partial charge in [0.1, 0.15) is 0 Å². The highest BCUT2D eigenvalue weighted by atomic mass is 35.5. The number of hydrogen-bond donors (Lipinski definition) is 2. The number of aryl methyl sites for hydroxylation is 1. The zero-order chi connectivity index (χ0) is 14.0. The van der Waals surface area contributed by atoms with Gasteiger partial charge in [0, 0.05) is 24.0 Å². The third-order valence-electron chi connectivity index (χ3n) is 3.83. The van der Waals surface area contributed by atoms with Crippen molar-refractivity contribution in [3.8, 4) is 0 Å². The molecular weight excluding hydrogens is 310 g/mol. The zero-order valence-corrected chi connectivity index (χ0v) is 13.6. The van der Waals surface area contributed by atoms with Crippen molar-refractivity contribution < 1.29 is 4.52 Å². The molecule has 6 nitrogen and oxygen atoms in total. The van der Waals surface area contributed by atoms with Gasteiger partial charge in [-0.05, 0) is 12.8 Å². The highest BCUT2D eigenvalue weighted by molar-refractivity contribution is 7.15. The Morgan fingerprint density at radius 3 is 2.76 bits per heavy atom. The van der Waals surface area contributed by atoms with Crippen LogP contribution in [0.5, 0.6) is 0 Å². The van der Waals surface area contributed by atoms with Crippen LogP contribution in [0.1, 0.15) is 49.2 Å². The molecule has 0 radical (unpaired) electrons. The monoisotopic (exact) mass is 329 g/mol. The Labute approximate surface area is 133 Å². The number of nitrogen functional groups attached to an aromatic ring is 1. The second kappa shape index (κ2) is 6.72. The summed E-state index contributed by atoms with van der Waals surface area (Å²) in [5, 5.41) is 8.39. The van der Waals surface area contributed by atoms with Gasteiger partial charge in [-0.3, -0.25) is 5.32 Å². The first-order chi connectivity index (χ1) is 9.72. The Morgan fingerprint density at radius 1 is 1.43 bits per heavy atom. The SMILES string of the molecule is CCc1nc(C2(NCc3cnc(N)s3)CCCC2)no1.Cl. The molecule has 0 amide bonds. The third kappa shape index (κ3) is 3.36. The maximum absolute atomic E-state index is 5.67. The van der Waals surface area contributed by atoms with Crippen LogP contribution in [0.15, 0.2) is 10.7 Å². The minimum atomic E-state index is -0.157. The Kier molecular flexibility index (Phi) is 5.18. The van der Waals surface area contributed by atoms with Gasteiger partial charge in [-0.2, -0.15) is 4.98 Å². The second-order valence-corrected chi connectivity index (χ2v) is 6.32. The Balaban J connectivity index is 0.00000161. The van der Waals surface area contributed by atoms with Crippen molar-refractivity contribution >= 4 is 28.9 Å². The molecule has 1 aliphatic carbocycles. The maximum Gasteiger partial charge on any atom is 0.226 e. The normalized spacial score (nSPS) is 16.8. The molecule has 0 bridgehead atoms. The summed E-state index contributed by atoms with van der Waals surface area (Å²) in [5.41, 5.74) is 5.51. The largest absolute Gasteiger partial charge is 0.375 e. The van der Waals surface area contributed by atoms with Crippen LogP contribution < -0.4 is 11.1 Å². The van der Waals surface area contributed by atoms with Crippen LogP contribution in [0.3, 0.4) is 0 Å². The van der Waals surface area contributed by atoms with Gasteiger partial charge in [0.05, 0.1) is 5.54 Å². The number of nitrogens with two attached hydrogens (primary N) is 1. The highest BCUT2D eigenvalue weighted by Crippen LogP contribution is 2.37. The van der Waals surface area contributed by atoms with Crippen molar-refractivity contribution in [2.75, 3.05) is 5.73 Å². The molecule has 2 aromatic rings. The summed E-state index contributed by atoms with van der Waals surface area (Å²) < 4.78 is 5.28. The minimum Gasteiger partial charge on any atom is -0.375 e. The lowest BCUT2D eigenvalue weighted by Crippen LogP contribution is -2.40. The lowest BCUT2D eigenvalue weighted by Gasteiger charge is -2.26. The van der Waals surface area contributed by atoms with E-state index in [0.717, 1.165) is 36.5 Å². The van der Waals surface area contributed by atoms with Crippen LogP contribution in [0, 0.1) is 0 Å². The van der Waals surface area contributed by atoms with E-state index in [4.69, 9.17) is 10.3 Å². The molecule has 3 N–H and O–H groups in total. The lowest BCUT2D eigenvalue weighted by molar-refractivity contribution is 0.297. The van der Waals surface area contributed by atoms with E-state index in [1.165, 1.54) is 24.2 Å². The number of nitrogens with zero attached hydrogens (tertiary/aromatic N) is 3. The highest BCUT2D eigenvalue weighted by Gasteiger charge is 2.39. The number of anilines is 1. The van der Waals surface area contributed by atoms with E-state index in [1.807, 2.05) is 13.1 Å². The molecule has 1 fully saturated rings. The minimum absolute atomic E-state index is 0. The predicted molar refractivity (Wildman–Crippen MR) is 84.4 cm³/mol. The summed E-state index contributed by atoms with van der Waals surface area (Å²) in [6.07, 6.45) is 7.06. The second-order valence-electron chi connectivity index (χ2n) is 5.17. The summed E-state index contributed by atoms with van der Waals surface area (Å²) in [7, 11) is 0. The predicted octanol–water partition coefficient (Wildman–Crippen LogP) is 2.65. The van der Waals surface area contributed by atoms with Crippen molar-refractivity contribution in [2.45, 2.75) is 51.1 Å². The summed E-state index contributed by atoms with van der Waals surface area (Å²) in [5.74, 6) is 1.50. The van der Waals surface area contributed by atoms with E-state index >= 15 is 0 Å². The van der Waals surface area contributed by atoms with Gasteiger partial charge < -0.3 is 10.3 Å². The number of halogens is 1. The Bertz CT molecular complexity index is 579. The number of thiazole rings is 1. The van der Waals surface area contributed by atoms with Gasteiger partial charge in [-0.15, -0.1) is 23.7 Å². The number of aromatic nitrogens is 3. The fraction of sp³-hybridized carbons (Fsp3) is 0.615. The van der Waals surface area contributed by atoms with Crippen LogP contribution in [0.2, 0.25) is 0 Å². The molecule has 0 unspecified atom stereocenters. The molecule has 2 heterocycles. The van der Waals surface area contributed by atoms with Gasteiger partial charge in [-0.25, -0.2) is 4.98 Å². The lowest BCUT2D eigenvalue weighted by atomic mass is 9.96. The Morgan fingerprint density at radius 2 is 2.19 bits per heavy atom. The van der Waals surface area contributed by atoms with Crippen molar-refractivity contribution in [3.63, 3.8) is 0 Å². The van der Waals surface area contributed by atoms with Crippen LogP contribution in [-0.4, -0.2) is 15.1 Å². The van der Waals surface area contributed by atoms with Gasteiger partial charge in [-0.1, -0.05) is 24.9 Å². The first kappa shape index (κ1) is 16.2. The topological polar surface area (TPSA) is 89.9 Å². The molecule has 0 spiro atoms. The van der Waals surface area contributed by atoms with Crippen LogP contribution in [0.25, 0.3) is 0 Å². The molecular formula is C13H20ClN5OS. The molecule has 0 aromatic carbocycles. The molecule has 0 aliphatic heterocycles. The van der Waals surface area contributed by atoms with Crippen LogP contribution in [0.4, 0.5) is 5.13 Å². The molecule has 0 atom stereocenters. The Hall–Kier alpha value is -1.18. The summed E-state index contributed by atoms with van der Waals surface area (Å²) in [6, 6.07) is 0. The zero-order valence-electron chi connectivity index (χ0n) is 12.0. The van der Waals surface area contributed by atoms with E-state index in [9.17, 15) is 0 Å². The van der Waals surface area contributed by atoms with E-state index in [2.05, 4.69) is 20.4 Å². The average molecular weight is 330 g/mol. The van der Waals surface area contributed by atoms with Gasteiger partial charge >= 0.3 is 0 Å². The molecule has 2 aromatic heterocycles. The first-order valence-electron chi connectivity index (χ1n) is 7.00. The van der Waals surface area contributed by atoms with Gasteiger partial charge in [0.2, 0.25) is 5.89 Å². The number of rotatable bonds is 5. The van der Waals surface area contributed by atoms with Gasteiger partial charge in [0.15, 0.2) is 11.0 Å². The maximum atomic E-state index is 5.67. The third-order valence-corrected chi connectivity index (χ3v) is 4.65. The molecule has 1 aliphatic rings. The number of nitrogens with one attached hydrogen (secondary N) is 1. The fourth-order valence-corrected chi connectivity index (χ4v) is 3.34. The van der Waals surface area contributed by atoms with Crippen molar-refractivity contribution in [2.24, 2.45) is 0 Å².